The second-order valence-electron chi connectivity index (χ2n) is 6.20. The molecule has 5 nitrogen and oxygen atoms in total. The predicted molar refractivity (Wildman–Crippen MR) is 82.2 cm³/mol. The molecule has 20 heavy (non-hydrogen) atoms. The molecule has 118 valence electrons. The summed E-state index contributed by atoms with van der Waals surface area (Å²) in [6.07, 6.45) is 2.84. The van der Waals surface area contributed by atoms with Crippen LogP contribution in [-0.2, 0) is 10.2 Å². The molecule has 2 saturated heterocycles. The molecule has 0 radical (unpaired) electrons. The van der Waals surface area contributed by atoms with Crippen molar-refractivity contribution in [1.82, 2.24) is 13.5 Å². The van der Waals surface area contributed by atoms with Gasteiger partial charge in [0.15, 0.2) is 0 Å². The van der Waals surface area contributed by atoms with Crippen molar-refractivity contribution in [2.45, 2.75) is 19.3 Å². The first kappa shape index (κ1) is 16.5. The van der Waals surface area contributed by atoms with Crippen LogP contribution in [0.3, 0.4) is 0 Å². The first-order chi connectivity index (χ1) is 9.43. The maximum absolute atomic E-state index is 12.6. The van der Waals surface area contributed by atoms with E-state index < -0.39 is 10.2 Å². The molecule has 1 atom stereocenters. The molecule has 0 N–H and O–H groups in total. The van der Waals surface area contributed by atoms with E-state index >= 15 is 0 Å². The molecule has 2 aliphatic rings. The predicted octanol–water partition coefficient (Wildman–Crippen LogP) is 1.07. The first-order valence-corrected chi connectivity index (χ1v) is 9.32. The third-order valence-corrected chi connectivity index (χ3v) is 6.91. The fourth-order valence-corrected chi connectivity index (χ4v) is 4.90. The second-order valence-corrected chi connectivity index (χ2v) is 8.55. The molecule has 0 amide bonds. The Kier molecular flexibility index (Phi) is 5.71. The Hall–Kier alpha value is 0.120. The monoisotopic (exact) mass is 323 g/mol. The maximum atomic E-state index is 12.6. The fourth-order valence-electron chi connectivity index (χ4n) is 3.12. The molecule has 2 heterocycles. The van der Waals surface area contributed by atoms with Gasteiger partial charge in [-0.3, -0.25) is 0 Å². The Labute approximate surface area is 128 Å². The molecule has 0 aromatic carbocycles. The van der Waals surface area contributed by atoms with Gasteiger partial charge in [0.1, 0.15) is 0 Å². The number of hydrogen-bond donors (Lipinski definition) is 0. The summed E-state index contributed by atoms with van der Waals surface area (Å²) in [5.41, 5.74) is 0. The summed E-state index contributed by atoms with van der Waals surface area (Å²) in [5, 5.41) is 0. The third kappa shape index (κ3) is 3.85. The van der Waals surface area contributed by atoms with Crippen molar-refractivity contribution in [3.63, 3.8) is 0 Å². The lowest BCUT2D eigenvalue weighted by Gasteiger charge is -2.33. The van der Waals surface area contributed by atoms with E-state index in [-0.39, 0.29) is 0 Å². The lowest BCUT2D eigenvalue weighted by Crippen LogP contribution is -2.47. The molecular formula is C13H26ClN3O2S. The highest BCUT2D eigenvalue weighted by molar-refractivity contribution is 7.86. The highest BCUT2D eigenvalue weighted by atomic mass is 35.5. The van der Waals surface area contributed by atoms with Gasteiger partial charge in [0.05, 0.1) is 0 Å². The molecule has 1 unspecified atom stereocenters. The standard InChI is InChI=1S/C13H26ClN3O2S/c1-15-6-3-13(10-15)11-16(2)20(18,19)17-7-4-12(9-14)5-8-17/h12-13H,3-11H2,1-2H3. The van der Waals surface area contributed by atoms with Crippen LogP contribution in [0.25, 0.3) is 0 Å². The Balaban J connectivity index is 1.89. The van der Waals surface area contributed by atoms with Gasteiger partial charge in [0.2, 0.25) is 0 Å². The molecule has 2 aliphatic heterocycles. The fraction of sp³-hybridized carbons (Fsp3) is 1.00. The maximum Gasteiger partial charge on any atom is 0.281 e. The minimum absolute atomic E-state index is 0.458. The van der Waals surface area contributed by atoms with Crippen molar-refractivity contribution < 1.29 is 8.42 Å². The van der Waals surface area contributed by atoms with Gasteiger partial charge in [-0.15, -0.1) is 11.6 Å². The van der Waals surface area contributed by atoms with Gasteiger partial charge in [0.25, 0.3) is 10.2 Å². The lowest BCUT2D eigenvalue weighted by molar-refractivity contribution is 0.265. The largest absolute Gasteiger partial charge is 0.306 e. The van der Waals surface area contributed by atoms with E-state index in [4.69, 9.17) is 11.6 Å². The average Bonchev–Trinajstić information content (AvgIpc) is 2.84. The molecule has 0 aliphatic carbocycles. The normalized spacial score (nSPS) is 27.5. The number of rotatable bonds is 5. The average molecular weight is 324 g/mol. The quantitative estimate of drug-likeness (QED) is 0.711. The van der Waals surface area contributed by atoms with Crippen LogP contribution in [0.1, 0.15) is 19.3 Å². The summed E-state index contributed by atoms with van der Waals surface area (Å²) in [5.74, 6) is 1.56. The van der Waals surface area contributed by atoms with Crippen molar-refractivity contribution >= 4 is 21.8 Å². The van der Waals surface area contributed by atoms with Gasteiger partial charge in [-0.1, -0.05) is 0 Å². The zero-order chi connectivity index (χ0) is 14.8. The number of piperidine rings is 1. The van der Waals surface area contributed by atoms with Gasteiger partial charge < -0.3 is 4.90 Å². The van der Waals surface area contributed by atoms with Crippen molar-refractivity contribution in [2.24, 2.45) is 11.8 Å². The Bertz CT molecular complexity index is 410. The van der Waals surface area contributed by atoms with E-state index in [9.17, 15) is 8.42 Å². The van der Waals surface area contributed by atoms with E-state index in [1.807, 2.05) is 0 Å². The smallest absolute Gasteiger partial charge is 0.281 e. The molecule has 0 spiro atoms. The van der Waals surface area contributed by atoms with Gasteiger partial charge in [0, 0.05) is 39.1 Å². The molecule has 0 aromatic heterocycles. The van der Waals surface area contributed by atoms with Crippen LogP contribution in [-0.4, -0.2) is 74.6 Å². The van der Waals surface area contributed by atoms with Crippen LogP contribution in [0.4, 0.5) is 0 Å². The highest BCUT2D eigenvalue weighted by Gasteiger charge is 2.32. The number of alkyl halides is 1. The van der Waals surface area contributed by atoms with E-state index in [2.05, 4.69) is 11.9 Å². The van der Waals surface area contributed by atoms with Crippen LogP contribution in [0.15, 0.2) is 0 Å². The summed E-state index contributed by atoms with van der Waals surface area (Å²) >= 11 is 5.85. The van der Waals surface area contributed by atoms with Gasteiger partial charge in [-0.25, -0.2) is 0 Å². The van der Waals surface area contributed by atoms with Crippen LogP contribution in [0.5, 0.6) is 0 Å². The topological polar surface area (TPSA) is 43.9 Å². The van der Waals surface area contributed by atoms with Crippen LogP contribution in [0, 0.1) is 11.8 Å². The van der Waals surface area contributed by atoms with Crippen LogP contribution in [0.2, 0.25) is 0 Å². The van der Waals surface area contributed by atoms with E-state index in [1.54, 1.807) is 11.4 Å². The van der Waals surface area contributed by atoms with Crippen LogP contribution >= 0.6 is 11.6 Å². The number of hydrogen-bond acceptors (Lipinski definition) is 3. The number of halogens is 1. The van der Waals surface area contributed by atoms with E-state index in [0.717, 1.165) is 32.4 Å². The minimum Gasteiger partial charge on any atom is -0.306 e. The van der Waals surface area contributed by atoms with Crippen molar-refractivity contribution in [3.8, 4) is 0 Å². The lowest BCUT2D eigenvalue weighted by atomic mass is 10.0. The van der Waals surface area contributed by atoms with Crippen LogP contribution < -0.4 is 0 Å². The van der Waals surface area contributed by atoms with E-state index in [1.165, 1.54) is 4.31 Å². The Morgan fingerprint density at radius 1 is 1.15 bits per heavy atom. The minimum atomic E-state index is -3.29. The SMILES string of the molecule is CN1CCC(CN(C)S(=O)(=O)N2CCC(CCl)CC2)C1. The van der Waals surface area contributed by atoms with Crippen molar-refractivity contribution in [2.75, 3.05) is 52.7 Å². The molecule has 7 heteroatoms. The summed E-state index contributed by atoms with van der Waals surface area (Å²) in [4.78, 5) is 2.26. The Morgan fingerprint density at radius 3 is 2.25 bits per heavy atom. The summed E-state index contributed by atoms with van der Waals surface area (Å²) in [6, 6.07) is 0. The zero-order valence-electron chi connectivity index (χ0n) is 12.5. The molecule has 2 rings (SSSR count). The second kappa shape index (κ2) is 6.92. The van der Waals surface area contributed by atoms with Gasteiger partial charge >= 0.3 is 0 Å². The van der Waals surface area contributed by atoms with Gasteiger partial charge in [-0.2, -0.15) is 17.0 Å². The highest BCUT2D eigenvalue weighted by Crippen LogP contribution is 2.23. The summed E-state index contributed by atoms with van der Waals surface area (Å²) in [7, 11) is 0.505. The van der Waals surface area contributed by atoms with E-state index in [0.29, 0.717) is 37.4 Å². The number of likely N-dealkylation sites (tertiary alicyclic amines) is 1. The van der Waals surface area contributed by atoms with Crippen molar-refractivity contribution in [1.29, 1.82) is 0 Å². The molecular weight excluding hydrogens is 298 g/mol. The third-order valence-electron chi connectivity index (χ3n) is 4.52. The van der Waals surface area contributed by atoms with Crippen molar-refractivity contribution in [3.05, 3.63) is 0 Å². The molecule has 0 bridgehead atoms. The summed E-state index contributed by atoms with van der Waals surface area (Å²) < 4.78 is 28.3. The molecule has 0 saturated carbocycles. The molecule has 0 aromatic rings. The number of nitrogens with zero attached hydrogens (tertiary/aromatic N) is 3. The summed E-state index contributed by atoms with van der Waals surface area (Å²) in [6.45, 7) is 3.90. The first-order valence-electron chi connectivity index (χ1n) is 7.39. The molecule has 2 fully saturated rings. The van der Waals surface area contributed by atoms with Gasteiger partial charge in [-0.05, 0) is 44.7 Å². The Morgan fingerprint density at radius 2 is 1.75 bits per heavy atom. The zero-order valence-corrected chi connectivity index (χ0v) is 14.0.